The van der Waals surface area contributed by atoms with Crippen molar-refractivity contribution in [3.63, 3.8) is 0 Å². The third-order valence-electron chi connectivity index (χ3n) is 2.70. The van der Waals surface area contributed by atoms with Crippen molar-refractivity contribution in [2.45, 2.75) is 0 Å². The van der Waals surface area contributed by atoms with E-state index in [2.05, 4.69) is 22.6 Å². The standard InChI is InChI=1S/C14H10Cl2INO2/c1-20-12-3-2-7(17)4-9(12)14(19)10-5-8(18)6-11(15)13(10)16/h2-6H,18H2,1H3. The van der Waals surface area contributed by atoms with Crippen LogP contribution in [0, 0.1) is 3.57 Å². The number of ketones is 1. The molecule has 0 heterocycles. The molecular formula is C14H10Cl2INO2. The lowest BCUT2D eigenvalue weighted by Crippen LogP contribution is -2.06. The van der Waals surface area contributed by atoms with Gasteiger partial charge in [-0.3, -0.25) is 4.79 Å². The third kappa shape index (κ3) is 3.02. The average molecular weight is 422 g/mol. The van der Waals surface area contributed by atoms with Crippen LogP contribution in [0.4, 0.5) is 5.69 Å². The Morgan fingerprint density at radius 3 is 2.55 bits per heavy atom. The Balaban J connectivity index is 2.60. The van der Waals surface area contributed by atoms with Crippen LogP contribution in [-0.2, 0) is 0 Å². The molecular weight excluding hydrogens is 412 g/mol. The third-order valence-corrected chi connectivity index (χ3v) is 4.17. The van der Waals surface area contributed by atoms with Crippen LogP contribution >= 0.6 is 45.8 Å². The molecule has 0 saturated carbocycles. The van der Waals surface area contributed by atoms with Gasteiger partial charge in [0, 0.05) is 14.8 Å². The molecule has 6 heteroatoms. The Morgan fingerprint density at radius 1 is 1.20 bits per heavy atom. The first-order valence-corrected chi connectivity index (χ1v) is 7.40. The summed E-state index contributed by atoms with van der Waals surface area (Å²) in [6, 6.07) is 8.33. The molecule has 0 atom stereocenters. The van der Waals surface area contributed by atoms with E-state index >= 15 is 0 Å². The molecule has 0 aromatic heterocycles. The summed E-state index contributed by atoms with van der Waals surface area (Å²) in [5, 5.41) is 0.436. The zero-order chi connectivity index (χ0) is 14.9. The topological polar surface area (TPSA) is 52.3 Å². The molecule has 2 aromatic carbocycles. The quantitative estimate of drug-likeness (QED) is 0.453. The fraction of sp³-hybridized carbons (Fsp3) is 0.0714. The molecule has 3 nitrogen and oxygen atoms in total. The zero-order valence-electron chi connectivity index (χ0n) is 10.4. The summed E-state index contributed by atoms with van der Waals surface area (Å²) in [7, 11) is 1.51. The molecule has 20 heavy (non-hydrogen) atoms. The Kier molecular flexibility index (Phi) is 4.78. The maximum absolute atomic E-state index is 12.6. The number of carbonyl (C=O) groups is 1. The molecule has 0 aliphatic heterocycles. The van der Waals surface area contributed by atoms with Crippen molar-refractivity contribution in [2.24, 2.45) is 0 Å². The molecule has 0 spiro atoms. The highest BCUT2D eigenvalue weighted by molar-refractivity contribution is 14.1. The van der Waals surface area contributed by atoms with E-state index in [4.69, 9.17) is 33.7 Å². The Bertz CT molecular complexity index is 689. The zero-order valence-corrected chi connectivity index (χ0v) is 14.1. The van der Waals surface area contributed by atoms with Crippen molar-refractivity contribution >= 4 is 57.3 Å². The second-order valence-electron chi connectivity index (χ2n) is 4.04. The van der Waals surface area contributed by atoms with E-state index in [0.717, 1.165) is 3.57 Å². The van der Waals surface area contributed by atoms with Crippen LogP contribution in [0.2, 0.25) is 10.0 Å². The highest BCUT2D eigenvalue weighted by Gasteiger charge is 2.19. The monoisotopic (exact) mass is 421 g/mol. The SMILES string of the molecule is COc1ccc(I)cc1C(=O)c1cc(N)cc(Cl)c1Cl. The minimum absolute atomic E-state index is 0.187. The van der Waals surface area contributed by atoms with Crippen molar-refractivity contribution in [1.29, 1.82) is 0 Å². The number of methoxy groups -OCH3 is 1. The molecule has 0 radical (unpaired) electrons. The molecule has 0 saturated heterocycles. The molecule has 0 aliphatic rings. The lowest BCUT2D eigenvalue weighted by Gasteiger charge is -2.10. The number of anilines is 1. The van der Waals surface area contributed by atoms with Crippen molar-refractivity contribution in [1.82, 2.24) is 0 Å². The number of nitrogens with two attached hydrogens (primary N) is 1. The largest absolute Gasteiger partial charge is 0.496 e. The Hall–Kier alpha value is -0.980. The first kappa shape index (κ1) is 15.4. The van der Waals surface area contributed by atoms with Gasteiger partial charge in [-0.15, -0.1) is 0 Å². The van der Waals surface area contributed by atoms with Crippen LogP contribution in [0.25, 0.3) is 0 Å². The number of nitrogen functional groups attached to an aromatic ring is 1. The molecule has 2 rings (SSSR count). The summed E-state index contributed by atoms with van der Waals surface area (Å²) in [5.41, 5.74) is 6.78. The van der Waals surface area contributed by atoms with Gasteiger partial charge in [0.2, 0.25) is 0 Å². The minimum Gasteiger partial charge on any atom is -0.496 e. The molecule has 0 bridgehead atoms. The molecule has 104 valence electrons. The number of benzene rings is 2. The number of hydrogen-bond acceptors (Lipinski definition) is 3. The van der Waals surface area contributed by atoms with Gasteiger partial charge in [-0.2, -0.15) is 0 Å². The van der Waals surface area contributed by atoms with Crippen LogP contribution < -0.4 is 10.5 Å². The van der Waals surface area contributed by atoms with Crippen LogP contribution in [-0.4, -0.2) is 12.9 Å². The van der Waals surface area contributed by atoms with E-state index in [0.29, 0.717) is 17.0 Å². The number of carbonyl (C=O) groups excluding carboxylic acids is 1. The van der Waals surface area contributed by atoms with Gasteiger partial charge in [0.05, 0.1) is 22.7 Å². The Morgan fingerprint density at radius 2 is 1.90 bits per heavy atom. The van der Waals surface area contributed by atoms with Crippen LogP contribution in [0.15, 0.2) is 30.3 Å². The van der Waals surface area contributed by atoms with Crippen molar-refractivity contribution < 1.29 is 9.53 Å². The van der Waals surface area contributed by atoms with Gasteiger partial charge in [-0.1, -0.05) is 23.2 Å². The summed E-state index contributed by atoms with van der Waals surface area (Å²) >= 11 is 14.2. The van der Waals surface area contributed by atoms with Crippen LogP contribution in [0.5, 0.6) is 5.75 Å². The van der Waals surface area contributed by atoms with E-state index in [1.807, 2.05) is 6.07 Å². The maximum Gasteiger partial charge on any atom is 0.198 e. The summed E-state index contributed by atoms with van der Waals surface area (Å²) in [6.07, 6.45) is 0. The summed E-state index contributed by atoms with van der Waals surface area (Å²) in [6.45, 7) is 0. The van der Waals surface area contributed by atoms with Gasteiger partial charge in [0.1, 0.15) is 5.75 Å². The fourth-order valence-corrected chi connectivity index (χ4v) is 2.69. The van der Waals surface area contributed by atoms with Gasteiger partial charge in [0.15, 0.2) is 5.78 Å². The number of rotatable bonds is 3. The maximum atomic E-state index is 12.6. The molecule has 0 amide bonds. The smallest absolute Gasteiger partial charge is 0.198 e. The van der Waals surface area contributed by atoms with Crippen LogP contribution in [0.1, 0.15) is 15.9 Å². The van der Waals surface area contributed by atoms with Gasteiger partial charge in [-0.05, 0) is 52.9 Å². The van der Waals surface area contributed by atoms with E-state index < -0.39 is 0 Å². The number of ether oxygens (including phenoxy) is 1. The highest BCUT2D eigenvalue weighted by atomic mass is 127. The first-order valence-electron chi connectivity index (χ1n) is 5.56. The van der Waals surface area contributed by atoms with Gasteiger partial charge in [0.25, 0.3) is 0 Å². The van der Waals surface area contributed by atoms with Crippen LogP contribution in [0.3, 0.4) is 0 Å². The van der Waals surface area contributed by atoms with E-state index in [1.165, 1.54) is 19.2 Å². The minimum atomic E-state index is -0.278. The fourth-order valence-electron chi connectivity index (χ4n) is 1.78. The lowest BCUT2D eigenvalue weighted by atomic mass is 10.0. The second-order valence-corrected chi connectivity index (χ2v) is 6.07. The average Bonchev–Trinajstić information content (AvgIpc) is 2.42. The second kappa shape index (κ2) is 6.20. The predicted octanol–water partition coefficient (Wildman–Crippen LogP) is 4.42. The van der Waals surface area contributed by atoms with Crippen molar-refractivity contribution in [3.8, 4) is 5.75 Å². The summed E-state index contributed by atoms with van der Waals surface area (Å²) in [5.74, 6) is 0.199. The van der Waals surface area contributed by atoms with Gasteiger partial charge < -0.3 is 10.5 Å². The number of halogens is 3. The van der Waals surface area contributed by atoms with E-state index in [1.54, 1.807) is 12.1 Å². The summed E-state index contributed by atoms with van der Waals surface area (Å²) in [4.78, 5) is 12.6. The van der Waals surface area contributed by atoms with Gasteiger partial charge in [-0.25, -0.2) is 0 Å². The lowest BCUT2D eigenvalue weighted by molar-refractivity contribution is 0.103. The predicted molar refractivity (Wildman–Crippen MR) is 90.0 cm³/mol. The Labute approximate surface area is 140 Å². The van der Waals surface area contributed by atoms with E-state index in [9.17, 15) is 4.79 Å². The van der Waals surface area contributed by atoms with Crippen molar-refractivity contribution in [3.05, 3.63) is 55.1 Å². The first-order chi connectivity index (χ1) is 9.43. The van der Waals surface area contributed by atoms with E-state index in [-0.39, 0.29) is 21.4 Å². The van der Waals surface area contributed by atoms with Gasteiger partial charge >= 0.3 is 0 Å². The molecule has 0 fully saturated rings. The highest BCUT2D eigenvalue weighted by Crippen LogP contribution is 2.32. The molecule has 2 aromatic rings. The summed E-state index contributed by atoms with van der Waals surface area (Å²) < 4.78 is 6.13. The molecule has 2 N–H and O–H groups in total. The number of hydrogen-bond donors (Lipinski definition) is 1. The molecule has 0 unspecified atom stereocenters. The van der Waals surface area contributed by atoms with Crippen molar-refractivity contribution in [2.75, 3.05) is 12.8 Å². The normalized spacial score (nSPS) is 10.4. The molecule has 0 aliphatic carbocycles.